The Hall–Kier alpha value is -4.24. The molecule has 0 radical (unpaired) electrons. The predicted octanol–water partition coefficient (Wildman–Crippen LogP) is 3.28. The van der Waals surface area contributed by atoms with Gasteiger partial charge in [-0.25, -0.2) is 13.2 Å². The zero-order chi connectivity index (χ0) is 37.6. The Kier molecular flexibility index (Phi) is 10.1. The molecule has 3 N–H and O–H groups in total. The van der Waals surface area contributed by atoms with Crippen LogP contribution in [0, 0.1) is 11.3 Å². The number of hydrogen-bond donors (Lipinski definition) is 3. The number of alkyl carbamates (subject to hydrolysis) is 1. The first-order valence-electron chi connectivity index (χ1n) is 18.0. The highest BCUT2D eigenvalue weighted by atomic mass is 32.2. The van der Waals surface area contributed by atoms with E-state index in [2.05, 4.69) is 27.0 Å². The highest BCUT2D eigenvalue weighted by Crippen LogP contribution is 2.47. The Morgan fingerprint density at radius 3 is 2.25 bits per heavy atom. The van der Waals surface area contributed by atoms with Crippen molar-refractivity contribution in [3.63, 3.8) is 0 Å². The second-order valence-electron chi connectivity index (χ2n) is 15.7. The van der Waals surface area contributed by atoms with Gasteiger partial charge in [0.2, 0.25) is 21.8 Å². The van der Waals surface area contributed by atoms with Crippen LogP contribution in [0.5, 0.6) is 0 Å². The summed E-state index contributed by atoms with van der Waals surface area (Å²) in [5, 5.41) is 9.24. The molecule has 6 rings (SSSR count). The molecule has 4 aliphatic rings. The molecule has 1 saturated heterocycles. The van der Waals surface area contributed by atoms with E-state index in [1.807, 2.05) is 58.2 Å². The van der Waals surface area contributed by atoms with E-state index in [-0.39, 0.29) is 25.5 Å². The van der Waals surface area contributed by atoms with Gasteiger partial charge in [-0.05, 0) is 67.6 Å². The normalized spacial score (nSPS) is 26.8. The van der Waals surface area contributed by atoms with E-state index in [1.54, 1.807) is 10.9 Å². The fourth-order valence-corrected chi connectivity index (χ4v) is 8.92. The predicted molar refractivity (Wildman–Crippen MR) is 192 cm³/mol. The number of nitrogens with zero attached hydrogens (tertiary/aromatic N) is 3. The summed E-state index contributed by atoms with van der Waals surface area (Å²) in [5.74, 6) is -2.52. The van der Waals surface area contributed by atoms with Crippen LogP contribution in [-0.4, -0.2) is 89.5 Å². The van der Waals surface area contributed by atoms with E-state index < -0.39 is 73.6 Å². The van der Waals surface area contributed by atoms with Crippen LogP contribution in [0.2, 0.25) is 0 Å². The molecular formula is C37H50N6O8S. The number of methoxy groups -OCH3 is 1. The maximum Gasteiger partial charge on any atom is 0.408 e. The van der Waals surface area contributed by atoms with Gasteiger partial charge in [-0.2, -0.15) is 5.10 Å². The minimum atomic E-state index is -3.90. The van der Waals surface area contributed by atoms with Gasteiger partial charge < -0.3 is 25.0 Å². The van der Waals surface area contributed by atoms with Crippen molar-refractivity contribution in [1.29, 1.82) is 0 Å². The Morgan fingerprint density at radius 1 is 1.04 bits per heavy atom. The lowest BCUT2D eigenvalue weighted by Crippen LogP contribution is -2.60. The molecule has 5 atom stereocenters. The van der Waals surface area contributed by atoms with Gasteiger partial charge in [-0.15, -0.1) is 6.58 Å². The van der Waals surface area contributed by atoms with E-state index in [0.29, 0.717) is 18.4 Å². The van der Waals surface area contributed by atoms with Crippen molar-refractivity contribution in [2.75, 3.05) is 13.7 Å². The first-order valence-corrected chi connectivity index (χ1v) is 19.5. The molecule has 0 spiro atoms. The Morgan fingerprint density at radius 2 is 1.71 bits per heavy atom. The summed E-state index contributed by atoms with van der Waals surface area (Å²) in [7, 11) is -0.535. The lowest BCUT2D eigenvalue weighted by atomic mass is 9.85. The molecule has 0 bridgehead atoms. The molecule has 1 aromatic carbocycles. The Balaban J connectivity index is 1.32. The molecule has 282 valence electrons. The van der Waals surface area contributed by atoms with Crippen molar-refractivity contribution in [2.24, 2.45) is 18.4 Å². The number of hydrogen-bond acceptors (Lipinski definition) is 9. The summed E-state index contributed by atoms with van der Waals surface area (Å²) < 4.78 is 41.2. The molecular weight excluding hydrogens is 689 g/mol. The standard InChI is InChI=1S/C37H50N6O8S/c1-7-24-20-37(24,33(46)41-52(48,49)27-16-17-27)40-31(44)29-21-36(50-6,25-14-12-23(13-15-25)28-18-19-38-42(28)5)22-43(29)32(45)30(35(2,3)4)39-34(47)51-26-10-8-9-11-26/h7,12-15,18-19,24,26-27,29-30H,1,8-11,16-17,20-22H2,2-6H3,(H,39,47)(H,40,44)(H,41,46)/t24-,29+,30-,36+,37-/m1/s1. The number of rotatable bonds is 12. The fourth-order valence-electron chi connectivity index (χ4n) is 7.56. The summed E-state index contributed by atoms with van der Waals surface area (Å²) in [6, 6.07) is 7.27. The lowest BCUT2D eigenvalue weighted by molar-refractivity contribution is -0.143. The van der Waals surface area contributed by atoms with Crippen LogP contribution >= 0.6 is 0 Å². The van der Waals surface area contributed by atoms with Gasteiger partial charge in [0.25, 0.3) is 5.91 Å². The molecule has 2 aromatic rings. The molecule has 14 nitrogen and oxygen atoms in total. The zero-order valence-corrected chi connectivity index (χ0v) is 31.3. The number of ether oxygens (including phenoxy) is 2. The second-order valence-corrected chi connectivity index (χ2v) is 17.7. The topological polar surface area (TPSA) is 178 Å². The van der Waals surface area contributed by atoms with Gasteiger partial charge >= 0.3 is 6.09 Å². The van der Waals surface area contributed by atoms with Crippen molar-refractivity contribution >= 4 is 33.8 Å². The number of benzene rings is 1. The van der Waals surface area contributed by atoms with Crippen molar-refractivity contribution in [3.05, 3.63) is 54.7 Å². The molecule has 1 aromatic heterocycles. The van der Waals surface area contributed by atoms with Gasteiger partial charge in [-0.1, -0.05) is 51.1 Å². The summed E-state index contributed by atoms with van der Waals surface area (Å²) in [6.45, 7) is 9.19. The summed E-state index contributed by atoms with van der Waals surface area (Å²) in [6.07, 6.45) is 6.83. The van der Waals surface area contributed by atoms with Gasteiger partial charge in [-0.3, -0.25) is 23.8 Å². The average molecular weight is 739 g/mol. The maximum absolute atomic E-state index is 14.7. The minimum absolute atomic E-state index is 0.0202. The van der Waals surface area contributed by atoms with E-state index in [4.69, 9.17) is 9.47 Å². The van der Waals surface area contributed by atoms with Crippen LogP contribution in [0.4, 0.5) is 4.79 Å². The van der Waals surface area contributed by atoms with Crippen molar-refractivity contribution in [3.8, 4) is 11.3 Å². The van der Waals surface area contributed by atoms with E-state index in [9.17, 15) is 27.6 Å². The third-order valence-electron chi connectivity index (χ3n) is 11.0. The minimum Gasteiger partial charge on any atom is -0.446 e. The SMILES string of the molecule is C=C[C@@H]1C[C@]1(NC(=O)[C@@H]1C[C@@](OC)(c2ccc(-c3ccnn3C)cc2)CN1C(=O)[C@@H](NC(=O)OC1CCCC1)C(C)(C)C)C(=O)NS(=O)(=O)C1CC1. The number of aryl methyl sites for hydroxylation is 1. The fraction of sp³-hybridized carbons (Fsp3) is 0.595. The zero-order valence-electron chi connectivity index (χ0n) is 30.5. The lowest BCUT2D eigenvalue weighted by Gasteiger charge is -2.36. The van der Waals surface area contributed by atoms with Crippen LogP contribution in [-0.2, 0) is 46.5 Å². The quantitative estimate of drug-likeness (QED) is 0.276. The number of carbonyl (C=O) groups excluding carboxylic acids is 4. The van der Waals surface area contributed by atoms with Gasteiger partial charge in [0.1, 0.15) is 29.3 Å². The molecule has 2 heterocycles. The molecule has 4 amide bonds. The number of carbonyl (C=O) groups is 4. The second kappa shape index (κ2) is 14.0. The number of amides is 4. The Bertz CT molecular complexity index is 1830. The number of nitrogens with one attached hydrogen (secondary N) is 3. The van der Waals surface area contributed by atoms with Crippen molar-refractivity contribution < 1.29 is 37.1 Å². The van der Waals surface area contributed by atoms with Gasteiger partial charge in [0.05, 0.1) is 17.5 Å². The summed E-state index contributed by atoms with van der Waals surface area (Å²) >= 11 is 0. The molecule has 4 fully saturated rings. The van der Waals surface area contributed by atoms with Crippen LogP contribution < -0.4 is 15.4 Å². The Labute approximate surface area is 305 Å². The van der Waals surface area contributed by atoms with Crippen molar-refractivity contribution in [2.45, 2.75) is 107 Å². The van der Waals surface area contributed by atoms with Crippen LogP contribution in [0.15, 0.2) is 49.2 Å². The molecule has 52 heavy (non-hydrogen) atoms. The first-order chi connectivity index (χ1) is 24.5. The van der Waals surface area contributed by atoms with E-state index in [0.717, 1.165) is 36.9 Å². The molecule has 3 saturated carbocycles. The average Bonchev–Trinajstić information content (AvgIpc) is 3.91. The van der Waals surface area contributed by atoms with Crippen molar-refractivity contribution in [1.82, 2.24) is 30.0 Å². The van der Waals surface area contributed by atoms with E-state index >= 15 is 0 Å². The highest BCUT2D eigenvalue weighted by Gasteiger charge is 2.62. The van der Waals surface area contributed by atoms with Crippen LogP contribution in [0.1, 0.15) is 77.7 Å². The highest BCUT2D eigenvalue weighted by molar-refractivity contribution is 7.91. The molecule has 3 aliphatic carbocycles. The smallest absolute Gasteiger partial charge is 0.408 e. The largest absolute Gasteiger partial charge is 0.446 e. The maximum atomic E-state index is 14.7. The van der Waals surface area contributed by atoms with E-state index in [1.165, 1.54) is 18.1 Å². The third kappa shape index (κ3) is 7.34. The summed E-state index contributed by atoms with van der Waals surface area (Å²) in [4.78, 5) is 57.2. The van der Waals surface area contributed by atoms with Crippen LogP contribution in [0.25, 0.3) is 11.3 Å². The molecule has 1 aliphatic heterocycles. The number of sulfonamides is 1. The number of likely N-dealkylation sites (tertiary alicyclic amines) is 1. The monoisotopic (exact) mass is 738 g/mol. The summed E-state index contributed by atoms with van der Waals surface area (Å²) in [5.41, 5.74) is -0.971. The third-order valence-corrected chi connectivity index (χ3v) is 12.8. The van der Waals surface area contributed by atoms with Gasteiger partial charge in [0.15, 0.2) is 0 Å². The first kappa shape index (κ1) is 37.5. The van der Waals surface area contributed by atoms with Crippen LogP contribution in [0.3, 0.4) is 0 Å². The van der Waals surface area contributed by atoms with Gasteiger partial charge in [0, 0.05) is 32.7 Å². The molecule has 15 heteroatoms. The number of aromatic nitrogens is 2. The molecule has 0 unspecified atom stereocenters.